The Bertz CT molecular complexity index is 273. The van der Waals surface area contributed by atoms with E-state index in [0.29, 0.717) is 24.0 Å². The minimum absolute atomic E-state index is 0.300. The highest BCUT2D eigenvalue weighted by Crippen LogP contribution is 2.32. The molecule has 0 bridgehead atoms. The van der Waals surface area contributed by atoms with Crippen molar-refractivity contribution in [1.29, 1.82) is 0 Å². The van der Waals surface area contributed by atoms with Crippen molar-refractivity contribution in [2.45, 2.75) is 71.1 Å². The Kier molecular flexibility index (Phi) is 6.99. The zero-order chi connectivity index (χ0) is 13.4. The van der Waals surface area contributed by atoms with Crippen molar-refractivity contribution in [3.63, 3.8) is 0 Å². The molecule has 0 aromatic carbocycles. The summed E-state index contributed by atoms with van der Waals surface area (Å²) in [5.74, 6) is 0.706. The van der Waals surface area contributed by atoms with E-state index in [0.717, 1.165) is 44.9 Å². The number of rotatable bonds is 9. The minimum atomic E-state index is -0.691. The van der Waals surface area contributed by atoms with Crippen LogP contribution in [-0.2, 0) is 9.59 Å². The highest BCUT2D eigenvalue weighted by atomic mass is 16.4. The van der Waals surface area contributed by atoms with Gasteiger partial charge in [0.25, 0.3) is 0 Å². The molecule has 18 heavy (non-hydrogen) atoms. The SMILES string of the molecule is C[C@@H]1CCC(=O)[C@H]1CCCCCCCCC(=O)O. The number of carbonyl (C=O) groups excluding carboxylic acids is 1. The summed E-state index contributed by atoms with van der Waals surface area (Å²) >= 11 is 0. The lowest BCUT2D eigenvalue weighted by atomic mass is 9.91. The fraction of sp³-hybridized carbons (Fsp3) is 0.867. The van der Waals surface area contributed by atoms with E-state index in [4.69, 9.17) is 5.11 Å². The molecule has 0 spiro atoms. The maximum atomic E-state index is 11.6. The van der Waals surface area contributed by atoms with Gasteiger partial charge in [-0.15, -0.1) is 0 Å². The van der Waals surface area contributed by atoms with E-state index < -0.39 is 5.97 Å². The van der Waals surface area contributed by atoms with Crippen LogP contribution in [0.5, 0.6) is 0 Å². The monoisotopic (exact) mass is 254 g/mol. The van der Waals surface area contributed by atoms with Crippen LogP contribution in [-0.4, -0.2) is 16.9 Å². The normalized spacial score (nSPS) is 23.5. The number of Topliss-reactive ketones (excluding diaryl/α,β-unsaturated/α-hetero) is 1. The summed E-state index contributed by atoms with van der Waals surface area (Å²) in [4.78, 5) is 21.9. The summed E-state index contributed by atoms with van der Waals surface area (Å²) in [6.07, 6.45) is 9.70. The average Bonchev–Trinajstić information content (AvgIpc) is 2.63. The number of carboxylic acids is 1. The lowest BCUT2D eigenvalue weighted by Gasteiger charge is -2.13. The Morgan fingerprint density at radius 1 is 1.17 bits per heavy atom. The molecule has 0 aliphatic heterocycles. The van der Waals surface area contributed by atoms with E-state index in [2.05, 4.69) is 6.92 Å². The maximum absolute atomic E-state index is 11.6. The molecule has 1 saturated carbocycles. The van der Waals surface area contributed by atoms with Crippen molar-refractivity contribution in [2.24, 2.45) is 11.8 Å². The van der Waals surface area contributed by atoms with Gasteiger partial charge in [0.1, 0.15) is 5.78 Å². The summed E-state index contributed by atoms with van der Waals surface area (Å²) in [6, 6.07) is 0. The van der Waals surface area contributed by atoms with Gasteiger partial charge in [0.15, 0.2) is 0 Å². The standard InChI is InChI=1S/C15H26O3/c1-12-10-11-14(16)13(12)8-6-4-2-3-5-7-9-15(17)18/h12-13H,2-11H2,1H3,(H,17,18)/t12-,13+/m1/s1. The number of ketones is 1. The first kappa shape index (κ1) is 15.2. The van der Waals surface area contributed by atoms with Crippen molar-refractivity contribution < 1.29 is 14.7 Å². The number of aliphatic carboxylic acids is 1. The second kappa shape index (κ2) is 8.28. The molecule has 0 amide bonds. The quantitative estimate of drug-likeness (QED) is 0.637. The zero-order valence-electron chi connectivity index (χ0n) is 11.5. The van der Waals surface area contributed by atoms with Gasteiger partial charge < -0.3 is 5.11 Å². The molecule has 104 valence electrons. The molecule has 0 saturated heterocycles. The molecule has 1 fully saturated rings. The first-order valence-electron chi connectivity index (χ1n) is 7.35. The van der Waals surface area contributed by atoms with Crippen molar-refractivity contribution >= 4 is 11.8 Å². The molecular formula is C15H26O3. The summed E-state index contributed by atoms with van der Waals surface area (Å²) in [7, 11) is 0. The number of hydrogen-bond donors (Lipinski definition) is 1. The van der Waals surface area contributed by atoms with Crippen LogP contribution in [0, 0.1) is 11.8 Å². The number of carboxylic acid groups (broad SMARTS) is 1. The van der Waals surface area contributed by atoms with Crippen molar-refractivity contribution in [1.82, 2.24) is 0 Å². The Hall–Kier alpha value is -0.860. The van der Waals surface area contributed by atoms with E-state index in [1.54, 1.807) is 0 Å². The Morgan fingerprint density at radius 2 is 1.78 bits per heavy atom. The summed E-state index contributed by atoms with van der Waals surface area (Å²) in [6.45, 7) is 2.20. The molecule has 0 heterocycles. The van der Waals surface area contributed by atoms with Gasteiger partial charge in [-0.3, -0.25) is 9.59 Å². The van der Waals surface area contributed by atoms with Gasteiger partial charge in [-0.25, -0.2) is 0 Å². The molecule has 0 aromatic rings. The van der Waals surface area contributed by atoms with Crippen LogP contribution >= 0.6 is 0 Å². The zero-order valence-corrected chi connectivity index (χ0v) is 11.5. The highest BCUT2D eigenvalue weighted by Gasteiger charge is 2.30. The largest absolute Gasteiger partial charge is 0.481 e. The number of unbranched alkanes of at least 4 members (excludes halogenated alkanes) is 5. The third kappa shape index (κ3) is 5.65. The van der Waals surface area contributed by atoms with Crippen molar-refractivity contribution in [2.75, 3.05) is 0 Å². The first-order chi connectivity index (χ1) is 8.61. The Balaban J connectivity index is 1.92. The van der Waals surface area contributed by atoms with E-state index in [1.165, 1.54) is 12.8 Å². The van der Waals surface area contributed by atoms with Crippen molar-refractivity contribution in [3.05, 3.63) is 0 Å². The smallest absolute Gasteiger partial charge is 0.303 e. The van der Waals surface area contributed by atoms with Gasteiger partial charge in [0.05, 0.1) is 0 Å². The van der Waals surface area contributed by atoms with Gasteiger partial charge in [0.2, 0.25) is 0 Å². The van der Waals surface area contributed by atoms with Gasteiger partial charge in [0, 0.05) is 18.8 Å². The lowest BCUT2D eigenvalue weighted by molar-refractivity contribution is -0.137. The topological polar surface area (TPSA) is 54.4 Å². The summed E-state index contributed by atoms with van der Waals surface area (Å²) < 4.78 is 0. The van der Waals surface area contributed by atoms with Gasteiger partial charge in [-0.1, -0.05) is 39.0 Å². The summed E-state index contributed by atoms with van der Waals surface area (Å²) in [5, 5.41) is 8.49. The maximum Gasteiger partial charge on any atom is 0.303 e. The van der Waals surface area contributed by atoms with Crippen LogP contribution in [0.25, 0.3) is 0 Å². The van der Waals surface area contributed by atoms with Crippen LogP contribution in [0.15, 0.2) is 0 Å². The molecule has 2 atom stereocenters. The predicted octanol–water partition coefficient (Wildman–Crippen LogP) is 3.81. The van der Waals surface area contributed by atoms with Gasteiger partial charge >= 0.3 is 5.97 Å². The Morgan fingerprint density at radius 3 is 2.33 bits per heavy atom. The third-order valence-corrected chi connectivity index (χ3v) is 4.10. The van der Waals surface area contributed by atoms with E-state index in [1.807, 2.05) is 0 Å². The number of carbonyl (C=O) groups is 2. The fourth-order valence-electron chi connectivity index (χ4n) is 2.87. The molecule has 1 N–H and O–H groups in total. The highest BCUT2D eigenvalue weighted by molar-refractivity contribution is 5.83. The van der Waals surface area contributed by atoms with Crippen LogP contribution in [0.4, 0.5) is 0 Å². The third-order valence-electron chi connectivity index (χ3n) is 4.10. The molecule has 3 nitrogen and oxygen atoms in total. The molecule has 1 aliphatic carbocycles. The van der Waals surface area contributed by atoms with Crippen LogP contribution < -0.4 is 0 Å². The summed E-state index contributed by atoms with van der Waals surface area (Å²) in [5.41, 5.74) is 0. The Labute approximate surface area is 110 Å². The molecular weight excluding hydrogens is 228 g/mol. The molecule has 1 rings (SSSR count). The first-order valence-corrected chi connectivity index (χ1v) is 7.35. The second-order valence-electron chi connectivity index (χ2n) is 5.64. The van der Waals surface area contributed by atoms with Crippen molar-refractivity contribution in [3.8, 4) is 0 Å². The van der Waals surface area contributed by atoms with Gasteiger partial charge in [-0.05, 0) is 25.2 Å². The van der Waals surface area contributed by atoms with Gasteiger partial charge in [-0.2, -0.15) is 0 Å². The lowest BCUT2D eigenvalue weighted by Crippen LogP contribution is -2.12. The minimum Gasteiger partial charge on any atom is -0.481 e. The predicted molar refractivity (Wildman–Crippen MR) is 71.5 cm³/mol. The van der Waals surface area contributed by atoms with Crippen LogP contribution in [0.3, 0.4) is 0 Å². The molecule has 1 aliphatic rings. The van der Waals surface area contributed by atoms with Crippen LogP contribution in [0.1, 0.15) is 71.1 Å². The van der Waals surface area contributed by atoms with E-state index in [-0.39, 0.29) is 0 Å². The molecule has 0 radical (unpaired) electrons. The van der Waals surface area contributed by atoms with E-state index in [9.17, 15) is 9.59 Å². The fourth-order valence-corrected chi connectivity index (χ4v) is 2.87. The molecule has 3 heteroatoms. The molecule has 0 unspecified atom stereocenters. The van der Waals surface area contributed by atoms with E-state index >= 15 is 0 Å². The van der Waals surface area contributed by atoms with Crippen LogP contribution in [0.2, 0.25) is 0 Å². The second-order valence-corrected chi connectivity index (χ2v) is 5.64. The average molecular weight is 254 g/mol. The number of hydrogen-bond acceptors (Lipinski definition) is 2. The molecule has 0 aromatic heterocycles.